The van der Waals surface area contributed by atoms with Crippen molar-refractivity contribution < 1.29 is 14.7 Å². The zero-order valence-electron chi connectivity index (χ0n) is 11.8. The summed E-state index contributed by atoms with van der Waals surface area (Å²) in [4.78, 5) is 19.3. The molecule has 1 heterocycles. The van der Waals surface area contributed by atoms with Gasteiger partial charge in [-0.3, -0.25) is 4.79 Å². The van der Waals surface area contributed by atoms with Crippen molar-refractivity contribution in [1.29, 1.82) is 0 Å². The van der Waals surface area contributed by atoms with Gasteiger partial charge in [-0.05, 0) is 19.4 Å². The first-order valence-electron chi connectivity index (χ1n) is 6.83. The van der Waals surface area contributed by atoms with Crippen LogP contribution in [-0.4, -0.2) is 46.9 Å². The summed E-state index contributed by atoms with van der Waals surface area (Å²) in [5, 5.41) is 13.1. The van der Waals surface area contributed by atoms with Crippen molar-refractivity contribution >= 4 is 11.6 Å². The minimum absolute atomic E-state index is 0.0269. The van der Waals surface area contributed by atoms with Gasteiger partial charge < -0.3 is 14.8 Å². The number of carbonyl (C=O) groups is 1. The van der Waals surface area contributed by atoms with Crippen LogP contribution in [0.4, 0.5) is 0 Å². The average molecular weight is 276 g/mol. The van der Waals surface area contributed by atoms with E-state index in [-0.39, 0.29) is 18.6 Å². The minimum Gasteiger partial charge on any atom is -0.395 e. The summed E-state index contributed by atoms with van der Waals surface area (Å²) < 4.78 is 0. The third kappa shape index (κ3) is 3.17. The van der Waals surface area contributed by atoms with Gasteiger partial charge in [-0.1, -0.05) is 35.5 Å². The summed E-state index contributed by atoms with van der Waals surface area (Å²) >= 11 is 0. The van der Waals surface area contributed by atoms with Crippen LogP contribution in [-0.2, 0) is 9.63 Å². The predicted octanol–water partition coefficient (Wildman–Crippen LogP) is 1.41. The zero-order valence-corrected chi connectivity index (χ0v) is 11.8. The van der Waals surface area contributed by atoms with Crippen molar-refractivity contribution in [2.75, 3.05) is 13.2 Å². The third-order valence-electron chi connectivity index (χ3n) is 3.30. The second kappa shape index (κ2) is 6.52. The highest BCUT2D eigenvalue weighted by atomic mass is 16.6. The molecular formula is C15H20N2O3. The van der Waals surface area contributed by atoms with E-state index in [1.807, 2.05) is 44.2 Å². The van der Waals surface area contributed by atoms with E-state index in [9.17, 15) is 4.79 Å². The summed E-state index contributed by atoms with van der Waals surface area (Å²) in [7, 11) is 0. The standard InChI is InChI=1S/C15H20N2O3/c1-11(2)17(8-9-18)15(19)14-10-13(16-20-14)12-6-4-3-5-7-12/h3-7,11,14,18H,8-10H2,1-2H3. The monoisotopic (exact) mass is 276 g/mol. The number of aliphatic hydroxyl groups excluding tert-OH is 1. The van der Waals surface area contributed by atoms with Gasteiger partial charge >= 0.3 is 0 Å². The number of aliphatic hydroxyl groups is 1. The van der Waals surface area contributed by atoms with Gasteiger partial charge in [0, 0.05) is 19.0 Å². The largest absolute Gasteiger partial charge is 0.395 e. The molecule has 1 atom stereocenters. The first kappa shape index (κ1) is 14.5. The molecule has 0 aromatic heterocycles. The van der Waals surface area contributed by atoms with Crippen LogP contribution in [0, 0.1) is 0 Å². The molecule has 0 bridgehead atoms. The van der Waals surface area contributed by atoms with Crippen molar-refractivity contribution in [2.45, 2.75) is 32.4 Å². The topological polar surface area (TPSA) is 62.1 Å². The summed E-state index contributed by atoms with van der Waals surface area (Å²) in [6, 6.07) is 9.72. The summed E-state index contributed by atoms with van der Waals surface area (Å²) in [6.45, 7) is 4.10. The van der Waals surface area contributed by atoms with E-state index in [0.717, 1.165) is 11.3 Å². The van der Waals surface area contributed by atoms with Gasteiger partial charge in [-0.25, -0.2) is 0 Å². The van der Waals surface area contributed by atoms with Crippen LogP contribution in [0.3, 0.4) is 0 Å². The van der Waals surface area contributed by atoms with Crippen LogP contribution in [0.5, 0.6) is 0 Å². The lowest BCUT2D eigenvalue weighted by Crippen LogP contribution is -2.44. The Morgan fingerprint density at radius 1 is 1.45 bits per heavy atom. The summed E-state index contributed by atoms with van der Waals surface area (Å²) in [6.07, 6.45) is -0.114. The Bertz CT molecular complexity index is 485. The van der Waals surface area contributed by atoms with Gasteiger partial charge in [0.25, 0.3) is 5.91 Å². The highest BCUT2D eigenvalue weighted by Gasteiger charge is 2.33. The van der Waals surface area contributed by atoms with Crippen LogP contribution < -0.4 is 0 Å². The van der Waals surface area contributed by atoms with Crippen molar-refractivity contribution in [2.24, 2.45) is 5.16 Å². The quantitative estimate of drug-likeness (QED) is 0.884. The van der Waals surface area contributed by atoms with Crippen LogP contribution in [0.2, 0.25) is 0 Å². The number of hydrogen-bond acceptors (Lipinski definition) is 4. The maximum atomic E-state index is 12.4. The fraction of sp³-hybridized carbons (Fsp3) is 0.467. The van der Waals surface area contributed by atoms with Gasteiger partial charge in [-0.2, -0.15) is 0 Å². The summed E-state index contributed by atoms with van der Waals surface area (Å²) in [5.41, 5.74) is 1.76. The molecule has 0 aliphatic carbocycles. The maximum Gasteiger partial charge on any atom is 0.267 e. The highest BCUT2D eigenvalue weighted by Crippen LogP contribution is 2.19. The van der Waals surface area contributed by atoms with Gasteiger partial charge in [-0.15, -0.1) is 0 Å². The van der Waals surface area contributed by atoms with Crippen molar-refractivity contribution in [3.05, 3.63) is 35.9 Å². The molecule has 0 radical (unpaired) electrons. The zero-order chi connectivity index (χ0) is 14.5. The Kier molecular flexibility index (Phi) is 4.74. The Hall–Kier alpha value is -1.88. The van der Waals surface area contributed by atoms with E-state index >= 15 is 0 Å². The minimum atomic E-state index is -0.584. The van der Waals surface area contributed by atoms with E-state index in [2.05, 4.69) is 5.16 Å². The van der Waals surface area contributed by atoms with Gasteiger partial charge in [0.05, 0.1) is 12.3 Å². The maximum absolute atomic E-state index is 12.4. The number of hydrogen-bond donors (Lipinski definition) is 1. The molecular weight excluding hydrogens is 256 g/mol. The molecule has 2 rings (SSSR count). The molecule has 0 spiro atoms. The molecule has 0 fully saturated rings. The Balaban J connectivity index is 2.02. The molecule has 1 aromatic carbocycles. The van der Waals surface area contributed by atoms with Gasteiger partial charge in [0.15, 0.2) is 0 Å². The molecule has 5 nitrogen and oxygen atoms in total. The van der Waals surface area contributed by atoms with E-state index in [1.165, 1.54) is 0 Å². The Morgan fingerprint density at radius 2 is 2.15 bits per heavy atom. The molecule has 1 N–H and O–H groups in total. The fourth-order valence-corrected chi connectivity index (χ4v) is 2.23. The lowest BCUT2D eigenvalue weighted by Gasteiger charge is -2.27. The van der Waals surface area contributed by atoms with E-state index in [1.54, 1.807) is 4.90 Å². The molecule has 108 valence electrons. The predicted molar refractivity (Wildman–Crippen MR) is 76.4 cm³/mol. The number of carbonyl (C=O) groups excluding carboxylic acids is 1. The molecule has 1 amide bonds. The number of benzene rings is 1. The van der Waals surface area contributed by atoms with Crippen LogP contribution in [0.15, 0.2) is 35.5 Å². The molecule has 1 unspecified atom stereocenters. The molecule has 1 aromatic rings. The van der Waals surface area contributed by atoms with Crippen LogP contribution in [0.25, 0.3) is 0 Å². The number of nitrogens with zero attached hydrogens (tertiary/aromatic N) is 2. The molecule has 20 heavy (non-hydrogen) atoms. The van der Waals surface area contributed by atoms with Crippen molar-refractivity contribution in [1.82, 2.24) is 4.90 Å². The first-order chi connectivity index (χ1) is 9.63. The molecule has 1 aliphatic rings. The Morgan fingerprint density at radius 3 is 2.75 bits per heavy atom. The smallest absolute Gasteiger partial charge is 0.267 e. The number of rotatable bonds is 5. The van der Waals surface area contributed by atoms with Gasteiger partial charge in [0.2, 0.25) is 6.10 Å². The van der Waals surface area contributed by atoms with E-state index in [0.29, 0.717) is 13.0 Å². The van der Waals surface area contributed by atoms with Crippen LogP contribution in [0.1, 0.15) is 25.8 Å². The van der Waals surface area contributed by atoms with Crippen molar-refractivity contribution in [3.8, 4) is 0 Å². The molecule has 1 aliphatic heterocycles. The Labute approximate surface area is 118 Å². The average Bonchev–Trinajstić information content (AvgIpc) is 2.94. The van der Waals surface area contributed by atoms with E-state index < -0.39 is 6.10 Å². The lowest BCUT2D eigenvalue weighted by molar-refractivity contribution is -0.144. The van der Waals surface area contributed by atoms with Crippen molar-refractivity contribution in [3.63, 3.8) is 0 Å². The normalized spacial score (nSPS) is 17.8. The van der Waals surface area contributed by atoms with E-state index in [4.69, 9.17) is 9.94 Å². The lowest BCUT2D eigenvalue weighted by atomic mass is 10.0. The SMILES string of the molecule is CC(C)N(CCO)C(=O)C1CC(c2ccccc2)=NO1. The van der Waals surface area contributed by atoms with Crippen LogP contribution >= 0.6 is 0 Å². The van der Waals surface area contributed by atoms with Gasteiger partial charge in [0.1, 0.15) is 0 Å². The second-order valence-corrected chi connectivity index (χ2v) is 5.05. The third-order valence-corrected chi connectivity index (χ3v) is 3.30. The summed E-state index contributed by atoms with van der Waals surface area (Å²) in [5.74, 6) is -0.122. The number of oxime groups is 1. The molecule has 0 saturated carbocycles. The highest BCUT2D eigenvalue weighted by molar-refractivity contribution is 6.04. The fourth-order valence-electron chi connectivity index (χ4n) is 2.23. The number of amides is 1. The first-order valence-corrected chi connectivity index (χ1v) is 6.83. The second-order valence-electron chi connectivity index (χ2n) is 5.05. The molecule has 5 heteroatoms. The molecule has 0 saturated heterocycles.